The predicted molar refractivity (Wildman–Crippen MR) is 142 cm³/mol. The van der Waals surface area contributed by atoms with Gasteiger partial charge in [0, 0.05) is 23.0 Å². The van der Waals surface area contributed by atoms with Crippen LogP contribution < -0.4 is 5.32 Å². The van der Waals surface area contributed by atoms with Gasteiger partial charge in [-0.3, -0.25) is 9.59 Å². The van der Waals surface area contributed by atoms with E-state index in [1.165, 1.54) is 0 Å². The van der Waals surface area contributed by atoms with Gasteiger partial charge in [-0.1, -0.05) is 77.8 Å². The summed E-state index contributed by atoms with van der Waals surface area (Å²) in [5.41, 5.74) is 2.65. The van der Waals surface area contributed by atoms with E-state index in [-0.39, 0.29) is 31.3 Å². The molecule has 0 fully saturated rings. The fourth-order valence-corrected chi connectivity index (χ4v) is 4.18. The molecule has 7 heteroatoms. The number of hydrogen-bond donors (Lipinski definition) is 1. The summed E-state index contributed by atoms with van der Waals surface area (Å²) >= 11 is 12.1. The van der Waals surface area contributed by atoms with Crippen LogP contribution in [0.2, 0.25) is 10.0 Å². The molecule has 0 spiro atoms. The average Bonchev–Trinajstić information content (AvgIpc) is 3.41. The molecule has 0 aliphatic heterocycles. The molecule has 0 aliphatic rings. The minimum absolute atomic E-state index is 0.140. The SMILES string of the molecule is O=C(NCc1ccco1)[C@H](Cc1ccccc1)N(Cc1ccc(Cl)cc1)C(=O)Cc1ccc(Cl)cc1. The predicted octanol–water partition coefficient (Wildman–Crippen LogP) is 6.09. The minimum atomic E-state index is -0.738. The van der Waals surface area contributed by atoms with E-state index >= 15 is 0 Å². The van der Waals surface area contributed by atoms with Crippen LogP contribution in [0.5, 0.6) is 0 Å². The van der Waals surface area contributed by atoms with Crippen molar-refractivity contribution in [2.75, 3.05) is 0 Å². The quantitative estimate of drug-likeness (QED) is 0.275. The summed E-state index contributed by atoms with van der Waals surface area (Å²) in [6, 6.07) is 27.0. The number of benzene rings is 3. The smallest absolute Gasteiger partial charge is 0.243 e. The second-order valence-corrected chi connectivity index (χ2v) is 9.33. The van der Waals surface area contributed by atoms with Crippen LogP contribution in [-0.2, 0) is 35.5 Å². The number of hydrogen-bond acceptors (Lipinski definition) is 3. The van der Waals surface area contributed by atoms with E-state index in [1.807, 2.05) is 54.6 Å². The average molecular weight is 521 g/mol. The van der Waals surface area contributed by atoms with Crippen molar-refractivity contribution >= 4 is 35.0 Å². The van der Waals surface area contributed by atoms with Gasteiger partial charge in [-0.15, -0.1) is 0 Å². The third-order valence-corrected chi connectivity index (χ3v) is 6.33. The molecule has 0 unspecified atom stereocenters. The normalized spacial score (nSPS) is 11.6. The molecule has 0 saturated heterocycles. The topological polar surface area (TPSA) is 62.6 Å². The first-order chi connectivity index (χ1) is 17.5. The van der Waals surface area contributed by atoms with Gasteiger partial charge >= 0.3 is 0 Å². The summed E-state index contributed by atoms with van der Waals surface area (Å²) in [7, 11) is 0. The zero-order chi connectivity index (χ0) is 25.3. The number of furan rings is 1. The summed E-state index contributed by atoms with van der Waals surface area (Å²) in [4.78, 5) is 28.9. The van der Waals surface area contributed by atoms with Crippen molar-refractivity contribution in [2.45, 2.75) is 32.0 Å². The van der Waals surface area contributed by atoms with E-state index in [2.05, 4.69) is 5.32 Å². The summed E-state index contributed by atoms with van der Waals surface area (Å²) < 4.78 is 5.37. The molecule has 1 heterocycles. The van der Waals surface area contributed by atoms with Crippen LogP contribution in [-0.4, -0.2) is 22.8 Å². The van der Waals surface area contributed by atoms with Crippen molar-refractivity contribution in [2.24, 2.45) is 0 Å². The van der Waals surface area contributed by atoms with Crippen molar-refractivity contribution in [3.63, 3.8) is 0 Å². The highest BCUT2D eigenvalue weighted by Crippen LogP contribution is 2.19. The van der Waals surface area contributed by atoms with Gasteiger partial charge in [0.1, 0.15) is 11.8 Å². The molecule has 36 heavy (non-hydrogen) atoms. The Bertz CT molecular complexity index is 1260. The molecule has 184 valence electrons. The second kappa shape index (κ2) is 12.4. The molecule has 5 nitrogen and oxygen atoms in total. The largest absolute Gasteiger partial charge is 0.467 e. The van der Waals surface area contributed by atoms with Gasteiger partial charge in [-0.05, 0) is 53.1 Å². The van der Waals surface area contributed by atoms with Crippen LogP contribution in [0.15, 0.2) is 102 Å². The zero-order valence-corrected chi connectivity index (χ0v) is 21.1. The van der Waals surface area contributed by atoms with Gasteiger partial charge < -0.3 is 14.6 Å². The Hall–Kier alpha value is -3.54. The fourth-order valence-electron chi connectivity index (χ4n) is 3.92. The van der Waals surface area contributed by atoms with Crippen molar-refractivity contribution in [3.05, 3.63) is 130 Å². The number of carbonyl (C=O) groups is 2. The molecule has 0 aliphatic carbocycles. The van der Waals surface area contributed by atoms with Crippen molar-refractivity contribution in [3.8, 4) is 0 Å². The number of rotatable bonds is 10. The molecule has 1 aromatic heterocycles. The van der Waals surface area contributed by atoms with E-state index in [9.17, 15) is 9.59 Å². The Kier molecular flexibility index (Phi) is 8.82. The Morgan fingerprint density at radius 1 is 0.778 bits per heavy atom. The minimum Gasteiger partial charge on any atom is -0.467 e. The van der Waals surface area contributed by atoms with Gasteiger partial charge in [-0.25, -0.2) is 0 Å². The molecule has 1 N–H and O–H groups in total. The maximum Gasteiger partial charge on any atom is 0.243 e. The number of nitrogens with zero attached hydrogens (tertiary/aromatic N) is 1. The van der Waals surface area contributed by atoms with E-state index in [4.69, 9.17) is 27.6 Å². The molecule has 4 rings (SSSR count). The van der Waals surface area contributed by atoms with Gasteiger partial charge in [0.2, 0.25) is 11.8 Å². The maximum atomic E-state index is 13.7. The van der Waals surface area contributed by atoms with Crippen LogP contribution in [0, 0.1) is 0 Å². The molecular weight excluding hydrogens is 495 g/mol. The van der Waals surface area contributed by atoms with Crippen molar-refractivity contribution in [1.29, 1.82) is 0 Å². The lowest BCUT2D eigenvalue weighted by molar-refractivity contribution is -0.140. The molecule has 0 saturated carbocycles. The van der Waals surface area contributed by atoms with Crippen LogP contribution in [0.3, 0.4) is 0 Å². The monoisotopic (exact) mass is 520 g/mol. The van der Waals surface area contributed by atoms with Crippen molar-refractivity contribution < 1.29 is 14.0 Å². The molecule has 2 amide bonds. The highest BCUT2D eigenvalue weighted by atomic mass is 35.5. The van der Waals surface area contributed by atoms with Gasteiger partial charge in [0.05, 0.1) is 19.2 Å². The summed E-state index contributed by atoms with van der Waals surface area (Å²) in [6.07, 6.45) is 2.07. The van der Waals surface area contributed by atoms with Crippen LogP contribution in [0.25, 0.3) is 0 Å². The first-order valence-corrected chi connectivity index (χ1v) is 12.4. The van der Waals surface area contributed by atoms with Gasteiger partial charge in [0.15, 0.2) is 0 Å². The highest BCUT2D eigenvalue weighted by molar-refractivity contribution is 6.30. The number of amides is 2. The third-order valence-electron chi connectivity index (χ3n) is 5.82. The van der Waals surface area contributed by atoms with E-state index < -0.39 is 6.04 Å². The molecular formula is C29H26Cl2N2O3. The Morgan fingerprint density at radius 2 is 1.42 bits per heavy atom. The van der Waals surface area contributed by atoms with Gasteiger partial charge in [0.25, 0.3) is 0 Å². The Morgan fingerprint density at radius 3 is 2.03 bits per heavy atom. The molecule has 4 aromatic rings. The lowest BCUT2D eigenvalue weighted by Crippen LogP contribution is -2.50. The Balaban J connectivity index is 1.64. The fraction of sp³-hybridized carbons (Fsp3) is 0.172. The van der Waals surface area contributed by atoms with Gasteiger partial charge in [-0.2, -0.15) is 0 Å². The van der Waals surface area contributed by atoms with E-state index in [1.54, 1.807) is 47.6 Å². The second-order valence-electron chi connectivity index (χ2n) is 8.45. The van der Waals surface area contributed by atoms with Crippen molar-refractivity contribution in [1.82, 2.24) is 10.2 Å². The standard InChI is InChI=1S/C29H26Cl2N2O3/c30-24-12-8-22(9-13-24)18-28(34)33(20-23-10-14-25(31)15-11-23)27(17-21-5-2-1-3-6-21)29(35)32-19-26-7-4-16-36-26/h1-16,27H,17-20H2,(H,32,35)/t27-/m0/s1. The first-order valence-electron chi connectivity index (χ1n) is 11.6. The van der Waals surface area contributed by atoms with Crippen LogP contribution in [0.4, 0.5) is 0 Å². The number of carbonyl (C=O) groups excluding carboxylic acids is 2. The third kappa shape index (κ3) is 7.23. The van der Waals surface area contributed by atoms with Crippen LogP contribution >= 0.6 is 23.2 Å². The maximum absolute atomic E-state index is 13.7. The van der Waals surface area contributed by atoms with E-state index in [0.717, 1.165) is 16.7 Å². The summed E-state index contributed by atoms with van der Waals surface area (Å²) in [5, 5.41) is 4.15. The summed E-state index contributed by atoms with van der Waals surface area (Å²) in [6.45, 7) is 0.493. The molecule has 0 radical (unpaired) electrons. The summed E-state index contributed by atoms with van der Waals surface area (Å²) in [5.74, 6) is 0.216. The lowest BCUT2D eigenvalue weighted by atomic mass is 10.0. The number of nitrogens with one attached hydrogen (secondary N) is 1. The first kappa shape index (κ1) is 25.5. The Labute approximate surface area is 220 Å². The molecule has 3 aromatic carbocycles. The van der Waals surface area contributed by atoms with E-state index in [0.29, 0.717) is 22.2 Å². The molecule has 1 atom stereocenters. The highest BCUT2D eigenvalue weighted by Gasteiger charge is 2.30. The number of halogens is 2. The zero-order valence-electron chi connectivity index (χ0n) is 19.6. The molecule has 0 bridgehead atoms. The van der Waals surface area contributed by atoms with Crippen LogP contribution in [0.1, 0.15) is 22.5 Å². The lowest BCUT2D eigenvalue weighted by Gasteiger charge is -2.31.